The molecule has 0 saturated heterocycles. The molecule has 0 fully saturated rings. The van der Waals surface area contributed by atoms with Crippen molar-refractivity contribution in [2.75, 3.05) is 24.2 Å². The van der Waals surface area contributed by atoms with Crippen LogP contribution in [0.3, 0.4) is 0 Å². The van der Waals surface area contributed by atoms with Crippen molar-refractivity contribution < 1.29 is 18.0 Å². The molecule has 0 aromatic heterocycles. The molecule has 9 heteroatoms. The lowest BCUT2D eigenvalue weighted by Crippen LogP contribution is -2.47. The number of rotatable bonds is 10. The Balaban J connectivity index is 2.15. The van der Waals surface area contributed by atoms with E-state index in [-0.39, 0.29) is 24.8 Å². The molecule has 0 heterocycles. The zero-order valence-corrected chi connectivity index (χ0v) is 20.4. The fourth-order valence-electron chi connectivity index (χ4n) is 3.40. The molecule has 0 aliphatic heterocycles. The SMILES string of the molecule is CNC(=O)C(C)N(Cc1ccccc1C)C(=O)CCCN(c1cccc(Cl)c1)S(C)(=O)=O. The van der Waals surface area contributed by atoms with Gasteiger partial charge in [0.05, 0.1) is 11.9 Å². The summed E-state index contributed by atoms with van der Waals surface area (Å²) in [5, 5.41) is 3.02. The summed E-state index contributed by atoms with van der Waals surface area (Å²) in [6.07, 6.45) is 1.51. The van der Waals surface area contributed by atoms with Gasteiger partial charge in [-0.25, -0.2) is 8.42 Å². The molecule has 32 heavy (non-hydrogen) atoms. The Bertz CT molecular complexity index is 1060. The fourth-order valence-corrected chi connectivity index (χ4v) is 4.54. The minimum absolute atomic E-state index is 0.0970. The van der Waals surface area contributed by atoms with Gasteiger partial charge in [0, 0.05) is 31.6 Å². The molecule has 1 atom stereocenters. The lowest BCUT2D eigenvalue weighted by molar-refractivity contribution is -0.140. The van der Waals surface area contributed by atoms with Gasteiger partial charge in [0.2, 0.25) is 21.8 Å². The summed E-state index contributed by atoms with van der Waals surface area (Å²) in [4.78, 5) is 26.9. The van der Waals surface area contributed by atoms with E-state index in [0.717, 1.165) is 17.4 Å². The summed E-state index contributed by atoms with van der Waals surface area (Å²) in [6, 6.07) is 13.6. The third kappa shape index (κ3) is 6.97. The first-order chi connectivity index (χ1) is 15.0. The number of carbonyl (C=O) groups excluding carboxylic acids is 2. The van der Waals surface area contributed by atoms with Gasteiger partial charge in [0.25, 0.3) is 0 Å². The van der Waals surface area contributed by atoms with Crippen molar-refractivity contribution >= 4 is 39.1 Å². The van der Waals surface area contributed by atoms with Gasteiger partial charge in [0.1, 0.15) is 6.04 Å². The van der Waals surface area contributed by atoms with Crippen molar-refractivity contribution in [3.8, 4) is 0 Å². The molecule has 174 valence electrons. The van der Waals surface area contributed by atoms with Crippen LogP contribution in [0.1, 0.15) is 30.9 Å². The zero-order chi connectivity index (χ0) is 23.9. The van der Waals surface area contributed by atoms with Crippen LogP contribution in [0.5, 0.6) is 0 Å². The molecular weight excluding hydrogens is 450 g/mol. The van der Waals surface area contributed by atoms with Gasteiger partial charge in [-0.2, -0.15) is 0 Å². The van der Waals surface area contributed by atoms with Gasteiger partial charge in [0.15, 0.2) is 0 Å². The lowest BCUT2D eigenvalue weighted by atomic mass is 10.1. The van der Waals surface area contributed by atoms with E-state index in [1.165, 1.54) is 16.3 Å². The number of likely N-dealkylation sites (N-methyl/N-ethyl adjacent to an activating group) is 1. The highest BCUT2D eigenvalue weighted by molar-refractivity contribution is 7.92. The molecule has 2 aromatic carbocycles. The van der Waals surface area contributed by atoms with Gasteiger partial charge in [-0.3, -0.25) is 13.9 Å². The number of hydrogen-bond acceptors (Lipinski definition) is 4. The molecule has 2 rings (SSSR count). The molecule has 0 radical (unpaired) electrons. The van der Waals surface area contributed by atoms with Gasteiger partial charge < -0.3 is 10.2 Å². The normalized spacial score (nSPS) is 12.2. The van der Waals surface area contributed by atoms with E-state index in [0.29, 0.717) is 23.7 Å². The molecule has 0 aliphatic rings. The number of hydrogen-bond donors (Lipinski definition) is 1. The van der Waals surface area contributed by atoms with Crippen LogP contribution in [0.4, 0.5) is 5.69 Å². The number of amides is 2. The first kappa shape index (κ1) is 25.7. The van der Waals surface area contributed by atoms with Crippen molar-refractivity contribution in [3.63, 3.8) is 0 Å². The second-order valence-corrected chi connectivity index (χ2v) is 10.0. The standard InChI is InChI=1S/C23H30ClN3O4S/c1-17-9-5-6-10-19(17)16-26(18(2)23(29)25-3)22(28)13-8-14-27(32(4,30)31)21-12-7-11-20(24)15-21/h5-7,9-12,15,18H,8,13-14,16H2,1-4H3,(H,25,29). The summed E-state index contributed by atoms with van der Waals surface area (Å²) < 4.78 is 25.8. The van der Waals surface area contributed by atoms with E-state index in [4.69, 9.17) is 11.6 Å². The lowest BCUT2D eigenvalue weighted by Gasteiger charge is -2.29. The van der Waals surface area contributed by atoms with Crippen LogP contribution < -0.4 is 9.62 Å². The minimum Gasteiger partial charge on any atom is -0.357 e. The highest BCUT2D eigenvalue weighted by Gasteiger charge is 2.26. The first-order valence-corrected chi connectivity index (χ1v) is 12.6. The Morgan fingerprint density at radius 3 is 2.41 bits per heavy atom. The summed E-state index contributed by atoms with van der Waals surface area (Å²) in [5.41, 5.74) is 2.43. The molecule has 1 unspecified atom stereocenters. The Kier molecular flexibility index (Phi) is 9.09. The maximum atomic E-state index is 13.1. The van der Waals surface area contributed by atoms with Crippen LogP contribution >= 0.6 is 11.6 Å². The quantitative estimate of drug-likeness (QED) is 0.566. The van der Waals surface area contributed by atoms with Crippen molar-refractivity contribution in [2.45, 2.75) is 39.3 Å². The van der Waals surface area contributed by atoms with E-state index < -0.39 is 16.1 Å². The summed E-state index contributed by atoms with van der Waals surface area (Å²) in [5.74, 6) is -0.479. The smallest absolute Gasteiger partial charge is 0.242 e. The molecule has 0 spiro atoms. The number of benzene rings is 2. The monoisotopic (exact) mass is 479 g/mol. The van der Waals surface area contributed by atoms with E-state index >= 15 is 0 Å². The second-order valence-electron chi connectivity index (χ2n) is 7.66. The molecule has 7 nitrogen and oxygen atoms in total. The maximum absolute atomic E-state index is 13.1. The third-order valence-corrected chi connectivity index (χ3v) is 6.69. The van der Waals surface area contributed by atoms with E-state index in [2.05, 4.69) is 5.32 Å². The topological polar surface area (TPSA) is 86.8 Å². The maximum Gasteiger partial charge on any atom is 0.242 e. The van der Waals surface area contributed by atoms with Crippen molar-refractivity contribution in [3.05, 3.63) is 64.7 Å². The Labute approximate surface area is 195 Å². The zero-order valence-electron chi connectivity index (χ0n) is 18.8. The van der Waals surface area contributed by atoms with Crippen LogP contribution in [0.2, 0.25) is 5.02 Å². The van der Waals surface area contributed by atoms with Crippen LogP contribution in [-0.2, 0) is 26.2 Å². The van der Waals surface area contributed by atoms with Crippen molar-refractivity contribution in [1.82, 2.24) is 10.2 Å². The Morgan fingerprint density at radius 1 is 1.12 bits per heavy atom. The highest BCUT2D eigenvalue weighted by atomic mass is 35.5. The van der Waals surface area contributed by atoms with Gasteiger partial charge in [-0.1, -0.05) is 41.9 Å². The summed E-state index contributed by atoms with van der Waals surface area (Å²) in [7, 11) is -2.02. The molecule has 0 bridgehead atoms. The highest BCUT2D eigenvalue weighted by Crippen LogP contribution is 2.23. The minimum atomic E-state index is -3.56. The average molecular weight is 480 g/mol. The van der Waals surface area contributed by atoms with Crippen LogP contribution in [0, 0.1) is 6.92 Å². The molecule has 0 aliphatic carbocycles. The predicted molar refractivity (Wildman–Crippen MR) is 128 cm³/mol. The molecule has 1 N–H and O–H groups in total. The molecule has 2 aromatic rings. The average Bonchev–Trinajstić information content (AvgIpc) is 2.74. The molecular formula is C23H30ClN3O4S. The first-order valence-electron chi connectivity index (χ1n) is 10.3. The molecule has 0 saturated carbocycles. The van der Waals surface area contributed by atoms with Gasteiger partial charge >= 0.3 is 0 Å². The third-order valence-electron chi connectivity index (χ3n) is 5.26. The van der Waals surface area contributed by atoms with Crippen LogP contribution in [0.15, 0.2) is 48.5 Å². The largest absolute Gasteiger partial charge is 0.357 e. The number of aryl methyl sites for hydroxylation is 1. The number of anilines is 1. The Morgan fingerprint density at radius 2 is 1.81 bits per heavy atom. The Hall–Kier alpha value is -2.58. The number of nitrogens with one attached hydrogen (secondary N) is 1. The van der Waals surface area contributed by atoms with E-state index in [1.807, 2.05) is 31.2 Å². The van der Waals surface area contributed by atoms with Gasteiger partial charge in [-0.05, 0) is 49.6 Å². The number of nitrogens with zero attached hydrogens (tertiary/aromatic N) is 2. The van der Waals surface area contributed by atoms with Crippen molar-refractivity contribution in [1.29, 1.82) is 0 Å². The fraction of sp³-hybridized carbons (Fsp3) is 0.391. The number of sulfonamides is 1. The van der Waals surface area contributed by atoms with Gasteiger partial charge in [-0.15, -0.1) is 0 Å². The second kappa shape index (κ2) is 11.3. The summed E-state index contributed by atoms with van der Waals surface area (Å²) in [6.45, 7) is 4.06. The predicted octanol–water partition coefficient (Wildman–Crippen LogP) is 3.36. The van der Waals surface area contributed by atoms with Crippen LogP contribution in [0.25, 0.3) is 0 Å². The van der Waals surface area contributed by atoms with E-state index in [1.54, 1.807) is 31.2 Å². The number of carbonyl (C=O) groups is 2. The number of halogens is 1. The van der Waals surface area contributed by atoms with E-state index in [9.17, 15) is 18.0 Å². The van der Waals surface area contributed by atoms with Crippen LogP contribution in [-0.4, -0.2) is 51.0 Å². The summed E-state index contributed by atoms with van der Waals surface area (Å²) >= 11 is 6.01. The van der Waals surface area contributed by atoms with Crippen molar-refractivity contribution in [2.24, 2.45) is 0 Å². The molecule has 2 amide bonds.